The Morgan fingerprint density at radius 3 is 2.48 bits per heavy atom. The van der Waals surface area contributed by atoms with Gasteiger partial charge in [0.05, 0.1) is 28.4 Å². The molecule has 2 N–H and O–H groups in total. The predicted molar refractivity (Wildman–Crippen MR) is 127 cm³/mol. The molecule has 4 nitrogen and oxygen atoms in total. The van der Waals surface area contributed by atoms with Crippen molar-refractivity contribution < 1.29 is 9.90 Å². The Hall–Kier alpha value is -1.49. The number of hydrogen-bond acceptors (Lipinski definition) is 2. The van der Waals surface area contributed by atoms with Crippen molar-refractivity contribution in [2.45, 2.75) is 83.4 Å². The lowest BCUT2D eigenvalue weighted by molar-refractivity contribution is 0.0716. The van der Waals surface area contributed by atoms with Crippen LogP contribution in [0.4, 0.5) is 0 Å². The first kappa shape index (κ1) is 22.7. The van der Waals surface area contributed by atoms with E-state index in [1.165, 1.54) is 32.1 Å². The molecule has 1 aromatic carbocycles. The zero-order valence-electron chi connectivity index (χ0n) is 18.2. The molecule has 4 rings (SSSR count). The third-order valence-electron chi connectivity index (χ3n) is 7.03. The number of aromatic nitrogens is 1. The highest BCUT2D eigenvalue weighted by Crippen LogP contribution is 2.35. The number of nitrogens with zero attached hydrogens (tertiary/aromatic N) is 1. The third-order valence-corrected chi connectivity index (χ3v) is 7.58. The lowest BCUT2D eigenvalue weighted by Gasteiger charge is -2.28. The Morgan fingerprint density at radius 2 is 1.77 bits per heavy atom. The quantitative estimate of drug-likeness (QED) is 0.540. The van der Waals surface area contributed by atoms with Gasteiger partial charge in [0.1, 0.15) is 0 Å². The molecule has 1 amide bonds. The first-order chi connectivity index (χ1) is 14.9. The summed E-state index contributed by atoms with van der Waals surface area (Å²) in [5, 5.41) is 14.6. The average Bonchev–Trinajstić information content (AvgIpc) is 3.07. The van der Waals surface area contributed by atoms with Gasteiger partial charge in [-0.3, -0.25) is 4.79 Å². The number of rotatable bonds is 5. The Balaban J connectivity index is 1.67. The molecule has 1 aromatic heterocycles. The van der Waals surface area contributed by atoms with Gasteiger partial charge < -0.3 is 15.0 Å². The summed E-state index contributed by atoms with van der Waals surface area (Å²) in [5.41, 5.74) is 3.46. The number of hydrogen-bond donors (Lipinski definition) is 2. The molecule has 0 bridgehead atoms. The number of halogens is 2. The maximum Gasteiger partial charge on any atom is 0.253 e. The summed E-state index contributed by atoms with van der Waals surface area (Å²) in [4.78, 5) is 13.2. The predicted octanol–water partition coefficient (Wildman–Crippen LogP) is 6.38. The maximum absolute atomic E-state index is 13.2. The molecule has 1 heterocycles. The molecule has 0 aliphatic heterocycles. The van der Waals surface area contributed by atoms with Crippen molar-refractivity contribution in [3.8, 4) is 11.3 Å². The van der Waals surface area contributed by atoms with Gasteiger partial charge in [0, 0.05) is 22.8 Å². The first-order valence-electron chi connectivity index (χ1n) is 11.6. The SMILES string of the molecule is Cc1c(C(=O)N[C@H]2CCCC[C@H]2O)cc(-c2ccc(Cl)cc2Cl)n1CC1CCCCC1. The number of amides is 1. The Bertz CT molecular complexity index is 934. The van der Waals surface area contributed by atoms with Crippen molar-refractivity contribution in [1.29, 1.82) is 0 Å². The van der Waals surface area contributed by atoms with Crippen LogP contribution in [-0.4, -0.2) is 27.7 Å². The molecule has 2 aromatic rings. The largest absolute Gasteiger partial charge is 0.391 e. The molecule has 6 heteroatoms. The summed E-state index contributed by atoms with van der Waals surface area (Å²) in [6, 6.07) is 7.31. The van der Waals surface area contributed by atoms with E-state index in [0.717, 1.165) is 49.2 Å². The molecule has 2 aliphatic rings. The van der Waals surface area contributed by atoms with Gasteiger partial charge in [0.15, 0.2) is 0 Å². The lowest BCUT2D eigenvalue weighted by atomic mass is 9.89. The number of aliphatic hydroxyl groups is 1. The molecular formula is C25H32Cl2N2O2. The van der Waals surface area contributed by atoms with Crippen molar-refractivity contribution in [1.82, 2.24) is 9.88 Å². The second-order valence-corrected chi connectivity index (χ2v) is 10.0. The Kier molecular flexibility index (Phi) is 7.30. The molecule has 2 aliphatic carbocycles. The molecule has 31 heavy (non-hydrogen) atoms. The summed E-state index contributed by atoms with van der Waals surface area (Å²) >= 11 is 12.7. The van der Waals surface area contributed by atoms with Gasteiger partial charge >= 0.3 is 0 Å². The summed E-state index contributed by atoms with van der Waals surface area (Å²) in [7, 11) is 0. The van der Waals surface area contributed by atoms with Crippen LogP contribution in [0.25, 0.3) is 11.3 Å². The van der Waals surface area contributed by atoms with Gasteiger partial charge in [0.25, 0.3) is 5.91 Å². The highest BCUT2D eigenvalue weighted by Gasteiger charge is 2.28. The van der Waals surface area contributed by atoms with E-state index in [9.17, 15) is 9.90 Å². The van der Waals surface area contributed by atoms with Crippen molar-refractivity contribution in [3.05, 3.63) is 45.6 Å². The highest BCUT2D eigenvalue weighted by molar-refractivity contribution is 6.36. The van der Waals surface area contributed by atoms with Crippen molar-refractivity contribution in [3.63, 3.8) is 0 Å². The molecule has 0 radical (unpaired) electrons. The second-order valence-electron chi connectivity index (χ2n) is 9.20. The van der Waals surface area contributed by atoms with E-state index in [4.69, 9.17) is 23.2 Å². The smallest absolute Gasteiger partial charge is 0.253 e. The lowest BCUT2D eigenvalue weighted by Crippen LogP contribution is -2.45. The Morgan fingerprint density at radius 1 is 1.06 bits per heavy atom. The normalized spacial score (nSPS) is 22.5. The van der Waals surface area contributed by atoms with Gasteiger partial charge in [-0.05, 0) is 62.8 Å². The number of aliphatic hydroxyl groups excluding tert-OH is 1. The van der Waals surface area contributed by atoms with Gasteiger partial charge in [-0.15, -0.1) is 0 Å². The van der Waals surface area contributed by atoms with Crippen LogP contribution >= 0.6 is 23.2 Å². The van der Waals surface area contributed by atoms with Gasteiger partial charge in [-0.25, -0.2) is 0 Å². The minimum absolute atomic E-state index is 0.114. The van der Waals surface area contributed by atoms with E-state index in [0.29, 0.717) is 21.5 Å². The summed E-state index contributed by atoms with van der Waals surface area (Å²) in [6.07, 6.45) is 9.47. The zero-order chi connectivity index (χ0) is 22.0. The van der Waals surface area contributed by atoms with Gasteiger partial charge in [-0.2, -0.15) is 0 Å². The summed E-state index contributed by atoms with van der Waals surface area (Å²) < 4.78 is 2.26. The van der Waals surface area contributed by atoms with Crippen molar-refractivity contribution >= 4 is 29.1 Å². The highest BCUT2D eigenvalue weighted by atomic mass is 35.5. The van der Waals surface area contributed by atoms with Crippen LogP contribution in [0.15, 0.2) is 24.3 Å². The second kappa shape index (κ2) is 9.97. The van der Waals surface area contributed by atoms with Gasteiger partial charge in [0.2, 0.25) is 0 Å². The minimum atomic E-state index is -0.465. The van der Waals surface area contributed by atoms with Crippen LogP contribution < -0.4 is 5.32 Å². The average molecular weight is 463 g/mol. The number of carbonyl (C=O) groups is 1. The van der Waals surface area contributed by atoms with Crippen LogP contribution in [0.3, 0.4) is 0 Å². The zero-order valence-corrected chi connectivity index (χ0v) is 19.7. The molecule has 0 unspecified atom stereocenters. The van der Waals surface area contributed by atoms with Crippen LogP contribution in [0.2, 0.25) is 10.0 Å². The van der Waals surface area contributed by atoms with Crippen LogP contribution in [-0.2, 0) is 6.54 Å². The molecule has 0 saturated heterocycles. The van der Waals surface area contributed by atoms with E-state index >= 15 is 0 Å². The monoisotopic (exact) mass is 462 g/mol. The maximum atomic E-state index is 13.2. The first-order valence-corrected chi connectivity index (χ1v) is 12.3. The summed E-state index contributed by atoms with van der Waals surface area (Å²) in [5.74, 6) is 0.498. The molecule has 2 atom stereocenters. The fourth-order valence-corrected chi connectivity index (χ4v) is 5.69. The van der Waals surface area contributed by atoms with E-state index in [2.05, 4.69) is 9.88 Å². The minimum Gasteiger partial charge on any atom is -0.391 e. The van der Waals surface area contributed by atoms with Crippen LogP contribution in [0, 0.1) is 12.8 Å². The molecule has 168 valence electrons. The van der Waals surface area contributed by atoms with E-state index in [1.54, 1.807) is 6.07 Å². The molecule has 2 saturated carbocycles. The standard InChI is InChI=1S/C25H32Cl2N2O2/c1-16-20(25(31)28-22-9-5-6-10-24(22)30)14-23(19-12-11-18(26)13-21(19)27)29(16)15-17-7-3-2-4-8-17/h11-14,17,22,24,30H,2-10,15H2,1H3,(H,28,31)/t22-,24+/m0/s1. The molecule has 0 spiro atoms. The molecule has 2 fully saturated rings. The van der Waals surface area contributed by atoms with Gasteiger partial charge in [-0.1, -0.05) is 55.3 Å². The van der Waals surface area contributed by atoms with Crippen molar-refractivity contribution in [2.24, 2.45) is 5.92 Å². The fraction of sp³-hybridized carbons (Fsp3) is 0.560. The van der Waals surface area contributed by atoms with Crippen LogP contribution in [0.5, 0.6) is 0 Å². The number of carbonyl (C=O) groups excluding carboxylic acids is 1. The molecular weight excluding hydrogens is 431 g/mol. The summed E-state index contributed by atoms with van der Waals surface area (Å²) in [6.45, 7) is 2.90. The fourth-order valence-electron chi connectivity index (χ4n) is 5.18. The topological polar surface area (TPSA) is 54.3 Å². The van der Waals surface area contributed by atoms with E-state index in [1.807, 2.05) is 25.1 Å². The number of nitrogens with one attached hydrogen (secondary N) is 1. The van der Waals surface area contributed by atoms with E-state index < -0.39 is 6.10 Å². The Labute approximate surface area is 194 Å². The van der Waals surface area contributed by atoms with Crippen molar-refractivity contribution in [2.75, 3.05) is 0 Å². The third kappa shape index (κ3) is 5.13. The van der Waals surface area contributed by atoms with E-state index in [-0.39, 0.29) is 11.9 Å². The van der Waals surface area contributed by atoms with Crippen LogP contribution in [0.1, 0.15) is 73.8 Å². The number of benzene rings is 1.